The van der Waals surface area contributed by atoms with Crippen molar-refractivity contribution in [2.45, 2.75) is 57.3 Å². The van der Waals surface area contributed by atoms with Crippen LogP contribution in [0.15, 0.2) is 23.1 Å². The summed E-state index contributed by atoms with van der Waals surface area (Å²) in [6.07, 6.45) is 7.83. The maximum Gasteiger partial charge on any atom is 0.243 e. The molecule has 1 aromatic carbocycles. The highest BCUT2D eigenvalue weighted by Crippen LogP contribution is 2.59. The molecule has 0 unspecified atom stereocenters. The second-order valence-corrected chi connectivity index (χ2v) is 11.7. The van der Waals surface area contributed by atoms with Crippen LogP contribution in [0.25, 0.3) is 0 Å². The van der Waals surface area contributed by atoms with E-state index in [1.54, 1.807) is 12.1 Å². The lowest BCUT2D eigenvalue weighted by atomic mass is 9.49. The van der Waals surface area contributed by atoms with Crippen molar-refractivity contribution in [2.24, 2.45) is 23.2 Å². The van der Waals surface area contributed by atoms with Crippen LogP contribution in [0.5, 0.6) is 0 Å². The first-order chi connectivity index (χ1) is 13.2. The van der Waals surface area contributed by atoms with Gasteiger partial charge < -0.3 is 5.32 Å². The molecule has 0 spiro atoms. The number of likely N-dealkylation sites (N-methyl/N-ethyl adjacent to an activating group) is 1. The molecular formula is C22H32N2O3S. The minimum absolute atomic E-state index is 0.137. The fourth-order valence-electron chi connectivity index (χ4n) is 6.19. The second-order valence-electron chi connectivity index (χ2n) is 9.70. The Morgan fingerprint density at radius 2 is 1.64 bits per heavy atom. The monoisotopic (exact) mass is 404 g/mol. The normalized spacial score (nSPS) is 31.4. The maximum absolute atomic E-state index is 12.8. The van der Waals surface area contributed by atoms with Gasteiger partial charge in [-0.3, -0.25) is 4.79 Å². The number of rotatable bonds is 6. The van der Waals surface area contributed by atoms with Crippen LogP contribution in [0, 0.1) is 37.0 Å². The Kier molecular flexibility index (Phi) is 5.07. The highest BCUT2D eigenvalue weighted by Gasteiger charge is 2.50. The summed E-state index contributed by atoms with van der Waals surface area (Å²) in [5.74, 6) is 2.33. The molecule has 4 aliphatic rings. The average Bonchev–Trinajstić information content (AvgIpc) is 2.61. The van der Waals surface area contributed by atoms with Crippen molar-refractivity contribution in [3.05, 3.63) is 29.3 Å². The van der Waals surface area contributed by atoms with Crippen LogP contribution in [-0.4, -0.2) is 38.8 Å². The van der Waals surface area contributed by atoms with Crippen molar-refractivity contribution in [1.82, 2.24) is 9.62 Å². The zero-order valence-electron chi connectivity index (χ0n) is 17.2. The summed E-state index contributed by atoms with van der Waals surface area (Å²) in [6.45, 7) is 4.41. The van der Waals surface area contributed by atoms with Gasteiger partial charge >= 0.3 is 0 Å². The molecule has 1 aromatic rings. The van der Waals surface area contributed by atoms with E-state index in [4.69, 9.17) is 0 Å². The summed E-state index contributed by atoms with van der Waals surface area (Å²) in [5, 5.41) is 3.07. The summed E-state index contributed by atoms with van der Waals surface area (Å²) in [7, 11) is -2.18. The number of carbonyl (C=O) groups is 1. The first kappa shape index (κ1) is 19.9. The summed E-state index contributed by atoms with van der Waals surface area (Å²) in [6, 6.07) is 5.10. The largest absolute Gasteiger partial charge is 0.354 e. The SMILES string of the molecule is Cc1ccc(S(=O)(=O)N(C)CC(=O)NCC23CC4CC(CC(C4)C2)C3)cc1C. The summed E-state index contributed by atoms with van der Waals surface area (Å²) < 4.78 is 26.8. The van der Waals surface area contributed by atoms with Crippen LogP contribution in [0.4, 0.5) is 0 Å². The van der Waals surface area contributed by atoms with Crippen LogP contribution >= 0.6 is 0 Å². The number of hydrogen-bond acceptors (Lipinski definition) is 3. The number of carbonyl (C=O) groups excluding carboxylic acids is 1. The fraction of sp³-hybridized carbons (Fsp3) is 0.682. The van der Waals surface area contributed by atoms with Gasteiger partial charge in [-0.15, -0.1) is 0 Å². The fourth-order valence-corrected chi connectivity index (χ4v) is 7.40. The molecule has 5 nitrogen and oxygen atoms in total. The van der Waals surface area contributed by atoms with E-state index in [0.29, 0.717) is 6.54 Å². The lowest BCUT2D eigenvalue weighted by Crippen LogP contribution is -2.52. The van der Waals surface area contributed by atoms with Crippen molar-refractivity contribution >= 4 is 15.9 Å². The Hall–Kier alpha value is -1.40. The molecule has 0 saturated heterocycles. The Bertz CT molecular complexity index is 842. The van der Waals surface area contributed by atoms with Gasteiger partial charge in [0.2, 0.25) is 15.9 Å². The summed E-state index contributed by atoms with van der Waals surface area (Å²) in [4.78, 5) is 12.8. The number of aryl methyl sites for hydroxylation is 2. The van der Waals surface area contributed by atoms with Crippen LogP contribution in [0.2, 0.25) is 0 Å². The van der Waals surface area contributed by atoms with Crippen molar-refractivity contribution < 1.29 is 13.2 Å². The van der Waals surface area contributed by atoms with E-state index in [2.05, 4.69) is 5.32 Å². The number of sulfonamides is 1. The zero-order valence-corrected chi connectivity index (χ0v) is 18.0. The third kappa shape index (κ3) is 3.73. The molecule has 6 heteroatoms. The molecule has 0 atom stereocenters. The van der Waals surface area contributed by atoms with E-state index < -0.39 is 10.0 Å². The lowest BCUT2D eigenvalue weighted by molar-refractivity contribution is -0.123. The van der Waals surface area contributed by atoms with E-state index in [-0.39, 0.29) is 22.8 Å². The molecular weight excluding hydrogens is 372 g/mol. The number of amides is 1. The Morgan fingerprint density at radius 3 is 2.18 bits per heavy atom. The molecule has 1 amide bonds. The maximum atomic E-state index is 12.8. The third-order valence-electron chi connectivity index (χ3n) is 7.38. The van der Waals surface area contributed by atoms with Gasteiger partial charge in [-0.25, -0.2) is 8.42 Å². The topological polar surface area (TPSA) is 66.5 Å². The van der Waals surface area contributed by atoms with Crippen molar-refractivity contribution in [3.8, 4) is 0 Å². The molecule has 1 N–H and O–H groups in total. The van der Waals surface area contributed by atoms with Gasteiger partial charge in [-0.05, 0) is 98.8 Å². The van der Waals surface area contributed by atoms with Crippen LogP contribution in [0.1, 0.15) is 49.7 Å². The van der Waals surface area contributed by atoms with Gasteiger partial charge in [-0.1, -0.05) is 6.07 Å². The number of nitrogens with zero attached hydrogens (tertiary/aromatic N) is 1. The zero-order chi connectivity index (χ0) is 20.1. The molecule has 5 rings (SSSR count). The predicted octanol–water partition coefficient (Wildman–Crippen LogP) is 3.26. The molecule has 0 heterocycles. The standard InChI is InChI=1S/C22H32N2O3S/c1-15-4-5-20(6-16(15)2)28(26,27)24(3)13-21(25)23-14-22-10-17-7-18(11-22)9-19(8-17)12-22/h4-6,17-19H,7-14H2,1-3H3,(H,23,25). The molecule has 4 fully saturated rings. The molecule has 28 heavy (non-hydrogen) atoms. The number of hydrogen-bond donors (Lipinski definition) is 1. The van der Waals surface area contributed by atoms with Gasteiger partial charge in [0.05, 0.1) is 11.4 Å². The van der Waals surface area contributed by atoms with Crippen molar-refractivity contribution in [3.63, 3.8) is 0 Å². The molecule has 4 bridgehead atoms. The van der Waals surface area contributed by atoms with Crippen molar-refractivity contribution in [1.29, 1.82) is 0 Å². The Balaban J connectivity index is 1.36. The predicted molar refractivity (Wildman–Crippen MR) is 109 cm³/mol. The van der Waals surface area contributed by atoms with Crippen LogP contribution in [-0.2, 0) is 14.8 Å². The van der Waals surface area contributed by atoms with Gasteiger partial charge in [0.15, 0.2) is 0 Å². The third-order valence-corrected chi connectivity index (χ3v) is 9.18. The Labute approximate surface area is 168 Å². The van der Waals surface area contributed by atoms with Gasteiger partial charge in [0.25, 0.3) is 0 Å². The van der Waals surface area contributed by atoms with Gasteiger partial charge in [0.1, 0.15) is 0 Å². The van der Waals surface area contributed by atoms with E-state index in [9.17, 15) is 13.2 Å². The van der Waals surface area contributed by atoms with Gasteiger partial charge in [-0.2, -0.15) is 4.31 Å². The van der Waals surface area contributed by atoms with Crippen LogP contribution in [0.3, 0.4) is 0 Å². The average molecular weight is 405 g/mol. The first-order valence-corrected chi connectivity index (χ1v) is 11.9. The quantitative estimate of drug-likeness (QED) is 0.791. The van der Waals surface area contributed by atoms with Crippen molar-refractivity contribution in [2.75, 3.05) is 20.1 Å². The van der Waals surface area contributed by atoms with Gasteiger partial charge in [0, 0.05) is 13.6 Å². The lowest BCUT2D eigenvalue weighted by Gasteiger charge is -2.56. The van der Waals surface area contributed by atoms with E-state index in [1.807, 2.05) is 19.9 Å². The van der Waals surface area contributed by atoms with E-state index >= 15 is 0 Å². The Morgan fingerprint density at radius 1 is 1.07 bits per heavy atom. The molecule has 0 aliphatic heterocycles. The summed E-state index contributed by atoms with van der Waals surface area (Å²) in [5.41, 5.74) is 2.24. The smallest absolute Gasteiger partial charge is 0.243 e. The molecule has 4 aliphatic carbocycles. The number of nitrogens with one attached hydrogen (secondary N) is 1. The minimum Gasteiger partial charge on any atom is -0.354 e. The highest BCUT2D eigenvalue weighted by atomic mass is 32.2. The molecule has 154 valence electrons. The molecule has 4 saturated carbocycles. The number of benzene rings is 1. The minimum atomic E-state index is -3.66. The molecule has 0 aromatic heterocycles. The second kappa shape index (κ2) is 7.13. The summed E-state index contributed by atoms with van der Waals surface area (Å²) >= 11 is 0. The highest BCUT2D eigenvalue weighted by molar-refractivity contribution is 7.89. The van der Waals surface area contributed by atoms with E-state index in [0.717, 1.165) is 33.2 Å². The van der Waals surface area contributed by atoms with Crippen LogP contribution < -0.4 is 5.32 Å². The first-order valence-electron chi connectivity index (χ1n) is 10.5. The molecule has 0 radical (unpaired) electrons. The van der Waals surface area contributed by atoms with E-state index in [1.165, 1.54) is 45.6 Å².